The normalized spacial score (nSPS) is 17.4. The molecule has 1 fully saturated rings. The summed E-state index contributed by atoms with van der Waals surface area (Å²) in [6.45, 7) is -4.90. The molecule has 1 aromatic rings. The summed E-state index contributed by atoms with van der Waals surface area (Å²) >= 11 is 0. The molecule has 1 heterocycles. The molecule has 0 N–H and O–H groups in total. The van der Waals surface area contributed by atoms with Gasteiger partial charge in [-0.25, -0.2) is 0 Å². The molecule has 0 aliphatic heterocycles. The van der Waals surface area contributed by atoms with Gasteiger partial charge in [0, 0.05) is 12.2 Å². The maximum absolute atomic E-state index is 12.4. The average Bonchev–Trinajstić information content (AvgIpc) is 2.29. The number of nitrogens with zero attached hydrogens (tertiary/aromatic N) is 2. The molecule has 0 amide bonds. The van der Waals surface area contributed by atoms with Crippen LogP contribution in [0.25, 0.3) is 0 Å². The first-order valence-electron chi connectivity index (χ1n) is 4.32. The summed E-state index contributed by atoms with van der Waals surface area (Å²) in [5.74, 6) is 0. The van der Waals surface area contributed by atoms with E-state index in [-0.39, 0.29) is 57.4 Å². The fraction of sp³-hybridized carbons (Fsp3) is 0.571. The molecule has 2 nitrogen and oxygen atoms in total. The van der Waals surface area contributed by atoms with Crippen LogP contribution in [0, 0.1) is 0 Å². The number of hydrogen-bond donors (Lipinski definition) is 0. The van der Waals surface area contributed by atoms with Gasteiger partial charge in [-0.2, -0.15) is 5.10 Å². The SMILES string of the molecule is F[B-](F)(F)c1ccnn1C1CCC1.[K+]. The monoisotopic (exact) mass is 228 g/mol. The summed E-state index contributed by atoms with van der Waals surface area (Å²) in [4.78, 5) is 0. The van der Waals surface area contributed by atoms with Crippen molar-refractivity contribution < 1.29 is 64.3 Å². The van der Waals surface area contributed by atoms with Gasteiger partial charge in [-0.1, -0.05) is 6.07 Å². The molecule has 0 aromatic carbocycles. The summed E-state index contributed by atoms with van der Waals surface area (Å²) in [5.41, 5.74) is -0.565. The Labute approximate surface area is 123 Å². The minimum Gasteiger partial charge on any atom is -0.444 e. The summed E-state index contributed by atoms with van der Waals surface area (Å²) in [6.07, 6.45) is 3.87. The van der Waals surface area contributed by atoms with Crippen LogP contribution in [0.3, 0.4) is 0 Å². The molecule has 1 aliphatic carbocycles. The van der Waals surface area contributed by atoms with Gasteiger partial charge in [-0.05, 0) is 24.9 Å². The Hall–Kier alpha value is 0.701. The molecule has 1 aliphatic rings. The van der Waals surface area contributed by atoms with Crippen LogP contribution in [0.4, 0.5) is 12.9 Å². The Balaban J connectivity index is 0.000000980. The minimum atomic E-state index is -4.90. The van der Waals surface area contributed by atoms with Gasteiger partial charge in [0.2, 0.25) is 0 Å². The number of halogens is 3. The van der Waals surface area contributed by atoms with Gasteiger partial charge in [-0.15, -0.1) is 0 Å². The van der Waals surface area contributed by atoms with Crippen molar-refractivity contribution >= 4 is 12.6 Å². The smallest absolute Gasteiger partial charge is 0.444 e. The predicted octanol–water partition coefficient (Wildman–Crippen LogP) is -1.33. The van der Waals surface area contributed by atoms with Gasteiger partial charge < -0.3 is 12.9 Å². The van der Waals surface area contributed by atoms with Gasteiger partial charge in [0.1, 0.15) is 0 Å². The zero-order valence-corrected chi connectivity index (χ0v) is 11.1. The van der Waals surface area contributed by atoms with Crippen LogP contribution in [0.2, 0.25) is 0 Å². The average molecular weight is 228 g/mol. The quantitative estimate of drug-likeness (QED) is 0.573. The van der Waals surface area contributed by atoms with Crippen LogP contribution in [0.15, 0.2) is 12.3 Å². The fourth-order valence-electron chi connectivity index (χ4n) is 1.52. The van der Waals surface area contributed by atoms with Gasteiger partial charge >= 0.3 is 58.4 Å². The molecule has 0 unspecified atom stereocenters. The molecule has 7 heteroatoms. The van der Waals surface area contributed by atoms with Crippen molar-refractivity contribution in [1.29, 1.82) is 0 Å². The number of aromatic nitrogens is 2. The second kappa shape index (κ2) is 4.69. The Morgan fingerprint density at radius 1 is 1.36 bits per heavy atom. The molecule has 0 atom stereocenters. The Morgan fingerprint density at radius 3 is 2.43 bits per heavy atom. The van der Waals surface area contributed by atoms with E-state index in [1.807, 2.05) is 0 Å². The van der Waals surface area contributed by atoms with Crippen LogP contribution in [-0.4, -0.2) is 16.8 Å². The van der Waals surface area contributed by atoms with Crippen LogP contribution in [0.5, 0.6) is 0 Å². The molecular weight excluding hydrogens is 219 g/mol. The maximum atomic E-state index is 12.4. The van der Waals surface area contributed by atoms with Gasteiger partial charge in [-0.3, -0.25) is 4.68 Å². The van der Waals surface area contributed by atoms with E-state index in [4.69, 9.17) is 0 Å². The molecule has 72 valence electrons. The molecule has 1 saturated carbocycles. The molecule has 14 heavy (non-hydrogen) atoms. The van der Waals surface area contributed by atoms with Crippen LogP contribution in [0.1, 0.15) is 25.3 Å². The molecular formula is C7H9BF3KN2. The minimum absolute atomic E-state index is 0. The van der Waals surface area contributed by atoms with E-state index in [9.17, 15) is 12.9 Å². The van der Waals surface area contributed by atoms with E-state index >= 15 is 0 Å². The maximum Gasteiger partial charge on any atom is 1.00 e. The van der Waals surface area contributed by atoms with Crippen molar-refractivity contribution in [3.05, 3.63) is 12.3 Å². The van der Waals surface area contributed by atoms with E-state index in [0.29, 0.717) is 0 Å². The Kier molecular flexibility index (Phi) is 4.28. The largest absolute Gasteiger partial charge is 1.00 e. The van der Waals surface area contributed by atoms with Gasteiger partial charge in [0.25, 0.3) is 0 Å². The van der Waals surface area contributed by atoms with Gasteiger partial charge in [0.15, 0.2) is 0 Å². The summed E-state index contributed by atoms with van der Waals surface area (Å²) in [5, 5.41) is 3.72. The van der Waals surface area contributed by atoms with E-state index < -0.39 is 12.6 Å². The van der Waals surface area contributed by atoms with Crippen molar-refractivity contribution in [3.63, 3.8) is 0 Å². The fourth-order valence-corrected chi connectivity index (χ4v) is 1.52. The van der Waals surface area contributed by atoms with Gasteiger partial charge in [0.05, 0.1) is 0 Å². The first kappa shape index (κ1) is 12.8. The zero-order chi connectivity index (χ0) is 9.47. The van der Waals surface area contributed by atoms with Crippen LogP contribution in [-0.2, 0) is 0 Å². The Morgan fingerprint density at radius 2 is 2.00 bits per heavy atom. The van der Waals surface area contributed by atoms with Crippen LogP contribution < -0.4 is 57.0 Å². The number of hydrogen-bond acceptors (Lipinski definition) is 1. The number of rotatable bonds is 2. The van der Waals surface area contributed by atoms with Crippen LogP contribution >= 0.6 is 0 Å². The molecule has 0 radical (unpaired) electrons. The van der Waals surface area contributed by atoms with Crippen molar-refractivity contribution in [2.24, 2.45) is 0 Å². The van der Waals surface area contributed by atoms with E-state index in [1.165, 1.54) is 6.20 Å². The third-order valence-electron chi connectivity index (χ3n) is 2.46. The van der Waals surface area contributed by atoms with E-state index in [0.717, 1.165) is 30.0 Å². The topological polar surface area (TPSA) is 17.8 Å². The Bertz CT molecular complexity index is 308. The molecule has 0 spiro atoms. The third-order valence-corrected chi connectivity index (χ3v) is 2.46. The second-order valence-corrected chi connectivity index (χ2v) is 3.36. The molecule has 0 bridgehead atoms. The summed E-state index contributed by atoms with van der Waals surface area (Å²) in [6, 6.07) is 1.03. The molecule has 0 saturated heterocycles. The standard InChI is InChI=1S/C7H9BF3N2.K/c9-8(10,11)7-4-5-12-13(7)6-2-1-3-6;/h4-6H,1-3H2;/q-1;+1. The van der Waals surface area contributed by atoms with E-state index in [1.54, 1.807) is 0 Å². The molecule has 1 aromatic heterocycles. The van der Waals surface area contributed by atoms with Crippen molar-refractivity contribution in [3.8, 4) is 0 Å². The zero-order valence-electron chi connectivity index (χ0n) is 7.96. The third kappa shape index (κ3) is 2.44. The predicted molar refractivity (Wildman–Crippen MR) is 43.8 cm³/mol. The second-order valence-electron chi connectivity index (χ2n) is 3.36. The van der Waals surface area contributed by atoms with Crippen molar-refractivity contribution in [2.45, 2.75) is 25.3 Å². The first-order valence-corrected chi connectivity index (χ1v) is 4.32. The summed E-state index contributed by atoms with van der Waals surface area (Å²) < 4.78 is 38.3. The molecule has 2 rings (SSSR count). The first-order chi connectivity index (χ1) is 6.09. The van der Waals surface area contributed by atoms with E-state index in [2.05, 4.69) is 5.10 Å². The van der Waals surface area contributed by atoms with Crippen molar-refractivity contribution in [1.82, 2.24) is 9.78 Å². The van der Waals surface area contributed by atoms with Crippen molar-refractivity contribution in [2.75, 3.05) is 0 Å². The summed E-state index contributed by atoms with van der Waals surface area (Å²) in [7, 11) is 0.